The molecule has 1 saturated heterocycles. The smallest absolute Gasteiger partial charge is 0.417 e. The summed E-state index contributed by atoms with van der Waals surface area (Å²) in [6.45, 7) is 4.05. The van der Waals surface area contributed by atoms with Gasteiger partial charge in [0.25, 0.3) is 5.91 Å². The lowest BCUT2D eigenvalue weighted by Crippen LogP contribution is -2.50. The highest BCUT2D eigenvalue weighted by molar-refractivity contribution is 14.2. The standard InChI is InChI=1S/C21H22BrF4IN4O2S/c1-12-11-31(4-3-30(12)2)18-9-16(23)15(22)8-17(18)29-20(32)13-10-28-19(33-5-6-34-27)7-14(13)21(24,25)26/h7-10,12H,3-6,11H2,1-2H3,(H,29,32). The van der Waals surface area contributed by atoms with E-state index in [1.807, 2.05) is 40.1 Å². The van der Waals surface area contributed by atoms with Crippen LogP contribution in [0.2, 0.25) is 0 Å². The zero-order chi connectivity index (χ0) is 25.0. The summed E-state index contributed by atoms with van der Waals surface area (Å²) in [6, 6.07) is 3.51. The number of carbonyl (C=O) groups is 1. The molecule has 0 saturated carbocycles. The predicted octanol–water partition coefficient (Wildman–Crippen LogP) is 5.86. The summed E-state index contributed by atoms with van der Waals surface area (Å²) in [6.07, 6.45) is -3.95. The van der Waals surface area contributed by atoms with Gasteiger partial charge in [-0.25, -0.2) is 9.37 Å². The second-order valence-corrected chi connectivity index (χ2v) is 11.1. The van der Waals surface area contributed by atoms with Gasteiger partial charge in [-0.05, 0) is 57.2 Å². The lowest BCUT2D eigenvalue weighted by Gasteiger charge is -2.39. The van der Waals surface area contributed by atoms with Crippen LogP contribution in [0.1, 0.15) is 22.8 Å². The molecule has 6 nitrogen and oxygen atoms in total. The average molecular weight is 677 g/mol. The highest BCUT2D eigenvalue weighted by Crippen LogP contribution is 2.36. The number of benzene rings is 1. The van der Waals surface area contributed by atoms with E-state index in [0.717, 1.165) is 12.3 Å². The molecule has 1 aliphatic heterocycles. The van der Waals surface area contributed by atoms with Crippen molar-refractivity contribution in [3.63, 3.8) is 0 Å². The molecule has 1 amide bonds. The minimum atomic E-state index is -4.80. The number of halogens is 6. The minimum absolute atomic E-state index is 0.0831. The van der Waals surface area contributed by atoms with Crippen molar-refractivity contribution in [1.29, 1.82) is 0 Å². The van der Waals surface area contributed by atoms with Crippen molar-refractivity contribution in [1.82, 2.24) is 9.88 Å². The number of piperazine rings is 1. The zero-order valence-electron chi connectivity index (χ0n) is 18.3. The van der Waals surface area contributed by atoms with Crippen LogP contribution in [0.4, 0.5) is 28.9 Å². The Morgan fingerprint density at radius 3 is 2.74 bits per heavy atom. The number of anilines is 2. The van der Waals surface area contributed by atoms with Gasteiger partial charge in [-0.2, -0.15) is 13.2 Å². The Balaban J connectivity index is 1.92. The number of hydrogen-bond acceptors (Lipinski definition) is 6. The van der Waals surface area contributed by atoms with Crippen molar-refractivity contribution in [2.45, 2.75) is 19.1 Å². The molecule has 186 valence electrons. The van der Waals surface area contributed by atoms with E-state index in [4.69, 9.17) is 4.74 Å². The molecule has 0 radical (unpaired) electrons. The molecule has 2 aromatic rings. The largest absolute Gasteiger partial charge is 0.477 e. The lowest BCUT2D eigenvalue weighted by molar-refractivity contribution is -0.138. The van der Waals surface area contributed by atoms with E-state index in [1.54, 1.807) is 0 Å². The van der Waals surface area contributed by atoms with Gasteiger partial charge in [-0.1, -0.05) is 8.93 Å². The molecule has 13 heteroatoms. The summed E-state index contributed by atoms with van der Waals surface area (Å²) in [5, 5.41) is 2.53. The summed E-state index contributed by atoms with van der Waals surface area (Å²) in [5.41, 5.74) is -1.22. The SMILES string of the molecule is CC1CN(c2cc(F)c(Br)cc2NC(=O)c2cnc(OCCSI)cc2C(F)(F)F)CCN1C. The molecule has 0 spiro atoms. The van der Waals surface area contributed by atoms with Crippen LogP contribution in [0.15, 0.2) is 28.9 Å². The summed E-state index contributed by atoms with van der Waals surface area (Å²) in [4.78, 5) is 20.9. The van der Waals surface area contributed by atoms with Crippen molar-refractivity contribution in [2.75, 3.05) is 49.3 Å². The molecule has 34 heavy (non-hydrogen) atoms. The maximum absolute atomic E-state index is 14.4. The second kappa shape index (κ2) is 11.6. The summed E-state index contributed by atoms with van der Waals surface area (Å²) >= 11 is 5.14. The quantitative estimate of drug-likeness (QED) is 0.226. The fourth-order valence-electron chi connectivity index (χ4n) is 3.46. The highest BCUT2D eigenvalue weighted by atomic mass is 127. The van der Waals surface area contributed by atoms with Crippen molar-refractivity contribution < 1.29 is 27.1 Å². The highest BCUT2D eigenvalue weighted by Gasteiger charge is 2.36. The molecule has 1 fully saturated rings. The summed E-state index contributed by atoms with van der Waals surface area (Å²) in [5.74, 6) is -1.19. The third kappa shape index (κ3) is 6.66. The number of nitrogens with zero attached hydrogens (tertiary/aromatic N) is 3. The van der Waals surface area contributed by atoms with Crippen molar-refractivity contribution in [3.05, 3.63) is 45.8 Å². The van der Waals surface area contributed by atoms with Gasteiger partial charge in [0.2, 0.25) is 5.88 Å². The van der Waals surface area contributed by atoms with Gasteiger partial charge in [0.05, 0.1) is 33.6 Å². The average Bonchev–Trinajstić information content (AvgIpc) is 2.77. The first kappa shape index (κ1) is 27.3. The molecule has 1 N–H and O–H groups in total. The Bertz CT molecular complexity index is 1050. The molecule has 3 rings (SSSR count). The van der Waals surface area contributed by atoms with Crippen LogP contribution in [0, 0.1) is 5.82 Å². The Kier molecular flexibility index (Phi) is 9.31. The van der Waals surface area contributed by atoms with E-state index in [0.29, 0.717) is 31.1 Å². The Hall–Kier alpha value is -1.32. The number of hydrogen-bond donors (Lipinski definition) is 1. The van der Waals surface area contributed by atoms with Crippen LogP contribution < -0.4 is 15.0 Å². The van der Waals surface area contributed by atoms with Gasteiger partial charge >= 0.3 is 6.18 Å². The van der Waals surface area contributed by atoms with Gasteiger partial charge < -0.3 is 19.9 Å². The number of carbonyl (C=O) groups excluding carboxylic acids is 1. The monoisotopic (exact) mass is 676 g/mol. The van der Waals surface area contributed by atoms with Crippen molar-refractivity contribution in [2.24, 2.45) is 0 Å². The van der Waals surface area contributed by atoms with Crippen LogP contribution in [0.5, 0.6) is 5.88 Å². The normalized spacial score (nSPS) is 17.1. The van der Waals surface area contributed by atoms with Crippen LogP contribution in [0.3, 0.4) is 0 Å². The van der Waals surface area contributed by atoms with Crippen LogP contribution >= 0.6 is 46.1 Å². The Morgan fingerprint density at radius 2 is 2.09 bits per heavy atom. The van der Waals surface area contributed by atoms with Gasteiger partial charge in [-0.3, -0.25) is 4.79 Å². The van der Waals surface area contributed by atoms with Crippen LogP contribution in [-0.2, 0) is 6.18 Å². The topological polar surface area (TPSA) is 57.7 Å². The number of rotatable bonds is 7. The Morgan fingerprint density at radius 1 is 1.35 bits per heavy atom. The van der Waals surface area contributed by atoms with Crippen LogP contribution in [0.25, 0.3) is 0 Å². The number of pyridine rings is 1. The predicted molar refractivity (Wildman–Crippen MR) is 138 cm³/mol. The molecule has 1 aliphatic rings. The first-order chi connectivity index (χ1) is 16.0. The number of nitrogens with one attached hydrogen (secondary N) is 1. The Labute approximate surface area is 219 Å². The molecule has 1 atom stereocenters. The van der Waals surface area contributed by atoms with Gasteiger partial charge in [0, 0.05) is 49.8 Å². The molecule has 1 aromatic heterocycles. The van der Waals surface area contributed by atoms with E-state index < -0.39 is 29.0 Å². The molecule has 1 unspecified atom stereocenters. The van der Waals surface area contributed by atoms with Crippen molar-refractivity contribution in [3.8, 4) is 5.88 Å². The van der Waals surface area contributed by atoms with Crippen molar-refractivity contribution >= 4 is 63.4 Å². The molecule has 1 aromatic carbocycles. The maximum atomic E-state index is 14.4. The van der Waals surface area contributed by atoms with E-state index >= 15 is 0 Å². The van der Waals surface area contributed by atoms with E-state index in [1.165, 1.54) is 21.1 Å². The zero-order valence-corrected chi connectivity index (χ0v) is 22.8. The third-order valence-electron chi connectivity index (χ3n) is 5.43. The fraction of sp³-hybridized carbons (Fsp3) is 0.429. The van der Waals surface area contributed by atoms with Gasteiger partial charge in [0.15, 0.2) is 0 Å². The lowest BCUT2D eigenvalue weighted by atomic mass is 10.1. The number of likely N-dealkylation sites (N-methyl/N-ethyl adjacent to an activating group) is 1. The van der Waals surface area contributed by atoms with Gasteiger partial charge in [-0.15, -0.1) is 0 Å². The summed E-state index contributed by atoms with van der Waals surface area (Å²) < 4.78 is 60.9. The third-order valence-corrected chi connectivity index (χ3v) is 7.68. The number of ether oxygens (including phenoxy) is 1. The minimum Gasteiger partial charge on any atom is -0.477 e. The number of amides is 1. The maximum Gasteiger partial charge on any atom is 0.417 e. The first-order valence-corrected chi connectivity index (χ1v) is 14.5. The van der Waals surface area contributed by atoms with E-state index in [9.17, 15) is 22.4 Å². The van der Waals surface area contributed by atoms with E-state index in [2.05, 4.69) is 31.1 Å². The fourth-order valence-corrected chi connectivity index (χ4v) is 4.49. The molecule has 0 aliphatic carbocycles. The molecule has 2 heterocycles. The molecular weight excluding hydrogens is 655 g/mol. The van der Waals surface area contributed by atoms with Crippen LogP contribution in [-0.4, -0.2) is 60.9 Å². The number of alkyl halides is 3. The van der Waals surface area contributed by atoms with E-state index in [-0.39, 0.29) is 28.7 Å². The molecule has 0 bridgehead atoms. The first-order valence-electron chi connectivity index (χ1n) is 10.2. The molecular formula is C21H22BrF4IN4O2S. The second-order valence-electron chi connectivity index (χ2n) is 7.74. The summed E-state index contributed by atoms with van der Waals surface area (Å²) in [7, 11) is 3.43. The number of aromatic nitrogens is 1. The van der Waals surface area contributed by atoms with Gasteiger partial charge in [0.1, 0.15) is 5.82 Å².